The van der Waals surface area contributed by atoms with E-state index in [2.05, 4.69) is 13.8 Å². The minimum absolute atomic E-state index is 0.00248. The van der Waals surface area contributed by atoms with Crippen molar-refractivity contribution in [3.05, 3.63) is 24.3 Å². The summed E-state index contributed by atoms with van der Waals surface area (Å²) < 4.78 is 24.3. The quantitative estimate of drug-likeness (QED) is 0.369. The summed E-state index contributed by atoms with van der Waals surface area (Å²) in [6, 6.07) is 6.70. The summed E-state index contributed by atoms with van der Waals surface area (Å²) in [5.41, 5.74) is -0.658. The molecular formula is C25H32O9. The van der Waals surface area contributed by atoms with Gasteiger partial charge in [-0.15, -0.1) is 0 Å². The van der Waals surface area contributed by atoms with Crippen LogP contribution in [0.2, 0.25) is 0 Å². The maximum atomic E-state index is 11.9. The second-order valence-electron chi connectivity index (χ2n) is 10.2. The van der Waals surface area contributed by atoms with Gasteiger partial charge in [-0.3, -0.25) is 9.59 Å². The molecular weight excluding hydrogens is 444 g/mol. The van der Waals surface area contributed by atoms with Gasteiger partial charge >= 0.3 is 11.9 Å². The summed E-state index contributed by atoms with van der Waals surface area (Å²) >= 11 is 0. The molecule has 4 heterocycles. The summed E-state index contributed by atoms with van der Waals surface area (Å²) in [6.45, 7) is 6.26. The fourth-order valence-corrected chi connectivity index (χ4v) is 6.14. The molecule has 0 aromatic heterocycles. The monoisotopic (exact) mass is 476 g/mol. The lowest BCUT2D eigenvalue weighted by atomic mass is 9.58. The van der Waals surface area contributed by atoms with Crippen molar-refractivity contribution in [2.75, 3.05) is 0 Å². The lowest BCUT2D eigenvalue weighted by molar-refractivity contribution is -0.575. The molecule has 1 N–H and O–H groups in total. The minimum Gasteiger partial charge on any atom is -0.481 e. The Morgan fingerprint density at radius 1 is 1.09 bits per heavy atom. The van der Waals surface area contributed by atoms with Gasteiger partial charge in [0.15, 0.2) is 11.9 Å². The van der Waals surface area contributed by atoms with Crippen molar-refractivity contribution in [1.82, 2.24) is 0 Å². The summed E-state index contributed by atoms with van der Waals surface area (Å²) in [6.07, 6.45) is 2.09. The third-order valence-electron chi connectivity index (χ3n) is 7.93. The fourth-order valence-electron chi connectivity index (χ4n) is 6.14. The molecule has 6 rings (SSSR count). The van der Waals surface area contributed by atoms with Gasteiger partial charge in [-0.1, -0.05) is 19.9 Å². The number of benzene rings is 1. The number of rotatable bonds is 6. The second kappa shape index (κ2) is 8.78. The SMILES string of the molecule is C[C@H]1[C@@H](Oc2cccc(OC(=O)CCC(=O)O)c2)O[C@@H]2O[C@@]3(C)CC[C@H]4[C@H](C)CC[C@@H]1[C@@]24OO3. The normalized spacial score (nSPS) is 40.7. The van der Waals surface area contributed by atoms with Crippen LogP contribution in [0.3, 0.4) is 0 Å². The molecule has 4 aliphatic heterocycles. The van der Waals surface area contributed by atoms with E-state index in [0.717, 1.165) is 25.7 Å². The van der Waals surface area contributed by atoms with Crippen LogP contribution >= 0.6 is 0 Å². The first-order valence-electron chi connectivity index (χ1n) is 12.1. The van der Waals surface area contributed by atoms with Gasteiger partial charge in [0.1, 0.15) is 11.5 Å². The largest absolute Gasteiger partial charge is 0.481 e. The molecule has 1 aliphatic carbocycles. The van der Waals surface area contributed by atoms with E-state index in [1.807, 2.05) is 6.92 Å². The predicted octanol–water partition coefficient (Wildman–Crippen LogP) is 4.04. The average Bonchev–Trinajstić information content (AvgIpc) is 3.02. The Balaban J connectivity index is 1.34. The molecule has 4 saturated heterocycles. The fraction of sp³-hybridized carbons (Fsp3) is 0.680. The average molecular weight is 477 g/mol. The Morgan fingerprint density at radius 2 is 1.88 bits per heavy atom. The molecule has 1 spiro atoms. The Labute approximate surface area is 198 Å². The first-order chi connectivity index (χ1) is 16.2. The number of carboxylic acid groups (broad SMARTS) is 1. The van der Waals surface area contributed by atoms with Gasteiger partial charge in [0.05, 0.1) is 12.8 Å². The first kappa shape index (κ1) is 23.5. The number of carboxylic acids is 1. The number of fused-ring (bicyclic) bond motifs is 2. The maximum Gasteiger partial charge on any atom is 0.311 e. The van der Waals surface area contributed by atoms with Crippen molar-refractivity contribution in [2.24, 2.45) is 23.7 Å². The highest BCUT2D eigenvalue weighted by molar-refractivity contribution is 5.78. The van der Waals surface area contributed by atoms with E-state index in [1.54, 1.807) is 24.3 Å². The van der Waals surface area contributed by atoms with Gasteiger partial charge in [-0.25, -0.2) is 9.78 Å². The van der Waals surface area contributed by atoms with E-state index < -0.39 is 35.9 Å². The lowest BCUT2D eigenvalue weighted by Gasteiger charge is -2.60. The van der Waals surface area contributed by atoms with E-state index in [-0.39, 0.29) is 36.3 Å². The van der Waals surface area contributed by atoms with Crippen molar-refractivity contribution in [1.29, 1.82) is 0 Å². The molecule has 34 heavy (non-hydrogen) atoms. The Kier molecular flexibility index (Phi) is 6.08. The van der Waals surface area contributed by atoms with Gasteiger partial charge < -0.3 is 24.1 Å². The van der Waals surface area contributed by atoms with E-state index in [4.69, 9.17) is 33.8 Å². The third kappa shape index (κ3) is 4.08. The number of esters is 1. The summed E-state index contributed by atoms with van der Waals surface area (Å²) in [5, 5.41) is 8.74. The van der Waals surface area contributed by atoms with Crippen molar-refractivity contribution in [3.8, 4) is 11.5 Å². The van der Waals surface area contributed by atoms with Crippen LogP contribution < -0.4 is 9.47 Å². The highest BCUT2D eigenvalue weighted by Crippen LogP contribution is 2.60. The zero-order valence-electron chi connectivity index (χ0n) is 19.7. The Morgan fingerprint density at radius 3 is 2.68 bits per heavy atom. The molecule has 5 fully saturated rings. The van der Waals surface area contributed by atoms with Crippen LogP contribution in [-0.2, 0) is 28.8 Å². The van der Waals surface area contributed by atoms with Gasteiger partial charge in [-0.2, -0.15) is 0 Å². The molecule has 1 aromatic carbocycles. The van der Waals surface area contributed by atoms with Crippen LogP contribution in [0.25, 0.3) is 0 Å². The smallest absolute Gasteiger partial charge is 0.311 e. The summed E-state index contributed by atoms with van der Waals surface area (Å²) in [4.78, 5) is 34.6. The van der Waals surface area contributed by atoms with Crippen molar-refractivity contribution < 1.29 is 43.4 Å². The van der Waals surface area contributed by atoms with Crippen LogP contribution in [0.5, 0.6) is 11.5 Å². The van der Waals surface area contributed by atoms with Crippen LogP contribution in [-0.4, -0.2) is 41.0 Å². The molecule has 9 heteroatoms. The molecule has 5 aliphatic rings. The number of hydrogen-bond acceptors (Lipinski definition) is 8. The van der Waals surface area contributed by atoms with E-state index >= 15 is 0 Å². The third-order valence-corrected chi connectivity index (χ3v) is 7.93. The number of aliphatic carboxylic acids is 1. The first-order valence-corrected chi connectivity index (χ1v) is 12.1. The van der Waals surface area contributed by atoms with Crippen molar-refractivity contribution in [3.63, 3.8) is 0 Å². The standard InChI is InChI=1S/C25H32O9/c1-14-7-8-19-15(2)22(31-23-25(19)18(14)11-12-24(3,32-23)33-34-25)30-17-6-4-5-16(13-17)29-21(28)10-9-20(26)27/h4-6,13-15,18-19,22-23H,7-12H2,1-3H3,(H,26,27)/t14-,15-,18+,19+,22+,23-,24-,25-/m1/s1. The van der Waals surface area contributed by atoms with Gasteiger partial charge in [0.25, 0.3) is 0 Å². The molecule has 0 radical (unpaired) electrons. The topological polar surface area (TPSA) is 110 Å². The van der Waals surface area contributed by atoms with E-state index in [1.165, 1.54) is 0 Å². The number of carbonyl (C=O) groups is 2. The second-order valence-corrected chi connectivity index (χ2v) is 10.2. The minimum atomic E-state index is -1.05. The number of hydrogen-bond donors (Lipinski definition) is 1. The van der Waals surface area contributed by atoms with Crippen LogP contribution in [0.4, 0.5) is 0 Å². The molecule has 0 amide bonds. The lowest BCUT2D eigenvalue weighted by Crippen LogP contribution is -2.70. The maximum absolute atomic E-state index is 11.9. The van der Waals surface area contributed by atoms with Gasteiger partial charge in [0.2, 0.25) is 12.1 Å². The molecule has 1 aromatic rings. The molecule has 9 nitrogen and oxygen atoms in total. The zero-order valence-corrected chi connectivity index (χ0v) is 19.7. The Bertz CT molecular complexity index is 950. The predicted molar refractivity (Wildman–Crippen MR) is 116 cm³/mol. The molecule has 0 unspecified atom stereocenters. The van der Waals surface area contributed by atoms with Crippen molar-refractivity contribution in [2.45, 2.75) is 83.3 Å². The van der Waals surface area contributed by atoms with Crippen molar-refractivity contribution >= 4 is 11.9 Å². The van der Waals surface area contributed by atoms with E-state index in [0.29, 0.717) is 11.7 Å². The van der Waals surface area contributed by atoms with Gasteiger partial charge in [0, 0.05) is 24.3 Å². The highest BCUT2D eigenvalue weighted by atomic mass is 17.3. The summed E-state index contributed by atoms with van der Waals surface area (Å²) in [5.74, 6) is -0.851. The van der Waals surface area contributed by atoms with Crippen LogP contribution in [0.15, 0.2) is 24.3 Å². The highest BCUT2D eigenvalue weighted by Gasteiger charge is 2.69. The van der Waals surface area contributed by atoms with E-state index in [9.17, 15) is 9.59 Å². The number of ether oxygens (including phenoxy) is 4. The molecule has 8 atom stereocenters. The van der Waals surface area contributed by atoms with Crippen LogP contribution in [0.1, 0.15) is 59.3 Å². The summed E-state index contributed by atoms with van der Waals surface area (Å²) in [7, 11) is 0. The Hall–Kier alpha value is -2.20. The number of carbonyl (C=O) groups excluding carboxylic acids is 1. The molecule has 1 saturated carbocycles. The van der Waals surface area contributed by atoms with Crippen LogP contribution in [0, 0.1) is 23.7 Å². The molecule has 186 valence electrons. The van der Waals surface area contributed by atoms with Gasteiger partial charge in [-0.05, 0) is 50.2 Å². The molecule has 2 bridgehead atoms. The zero-order chi connectivity index (χ0) is 24.1.